The van der Waals surface area contributed by atoms with E-state index >= 15 is 0 Å². The smallest absolute Gasteiger partial charge is 0.348 e. The van der Waals surface area contributed by atoms with Crippen LogP contribution in [0, 0.1) is 5.82 Å². The summed E-state index contributed by atoms with van der Waals surface area (Å²) in [5.41, 5.74) is 5.39. The first-order valence-electron chi connectivity index (χ1n) is 5.97. The van der Waals surface area contributed by atoms with Gasteiger partial charge in [0.05, 0.1) is 19.7 Å². The van der Waals surface area contributed by atoms with Gasteiger partial charge in [-0.2, -0.15) is 0 Å². The van der Waals surface area contributed by atoms with Crippen molar-refractivity contribution in [3.63, 3.8) is 0 Å². The standard InChI is InChI=1S/C13H17FN2O4.ClH/c1-8(15)12(17)16-7-11(13(18)19-2)20-10-5-3-9(14)4-6-10;/h3-6,8,11H,7,15H2,1-2H3,(H,16,17);1H. The van der Waals surface area contributed by atoms with E-state index in [2.05, 4.69) is 10.1 Å². The monoisotopic (exact) mass is 320 g/mol. The number of carbonyl (C=O) groups is 2. The van der Waals surface area contributed by atoms with E-state index in [1.807, 2.05) is 0 Å². The van der Waals surface area contributed by atoms with Crippen LogP contribution < -0.4 is 15.8 Å². The van der Waals surface area contributed by atoms with Crippen LogP contribution in [0.1, 0.15) is 6.92 Å². The number of hydrogen-bond donors (Lipinski definition) is 2. The Morgan fingerprint density at radius 1 is 1.33 bits per heavy atom. The lowest BCUT2D eigenvalue weighted by molar-refractivity contribution is -0.148. The maximum absolute atomic E-state index is 12.8. The highest BCUT2D eigenvalue weighted by Crippen LogP contribution is 2.13. The van der Waals surface area contributed by atoms with Crippen LogP contribution in [-0.2, 0) is 14.3 Å². The summed E-state index contributed by atoms with van der Waals surface area (Å²) in [7, 11) is 1.21. The van der Waals surface area contributed by atoms with Crippen LogP contribution in [-0.4, -0.2) is 37.7 Å². The number of rotatable bonds is 6. The Morgan fingerprint density at radius 3 is 2.38 bits per heavy atom. The third-order valence-corrected chi connectivity index (χ3v) is 2.43. The normalized spacial score (nSPS) is 12.6. The molecule has 21 heavy (non-hydrogen) atoms. The van der Waals surface area contributed by atoms with E-state index in [1.165, 1.54) is 38.3 Å². The van der Waals surface area contributed by atoms with Crippen LogP contribution in [0.5, 0.6) is 5.75 Å². The Balaban J connectivity index is 0.00000400. The highest BCUT2D eigenvalue weighted by molar-refractivity contribution is 5.85. The van der Waals surface area contributed by atoms with Crippen LogP contribution in [0.25, 0.3) is 0 Å². The van der Waals surface area contributed by atoms with Crippen molar-refractivity contribution in [2.75, 3.05) is 13.7 Å². The van der Waals surface area contributed by atoms with E-state index in [4.69, 9.17) is 10.5 Å². The molecule has 0 saturated carbocycles. The van der Waals surface area contributed by atoms with E-state index in [9.17, 15) is 14.0 Å². The number of hydrogen-bond acceptors (Lipinski definition) is 5. The van der Waals surface area contributed by atoms with E-state index in [0.717, 1.165) is 0 Å². The average molecular weight is 321 g/mol. The predicted octanol–water partition coefficient (Wildman–Crippen LogP) is 0.631. The zero-order chi connectivity index (χ0) is 15.1. The number of nitrogens with two attached hydrogens (primary N) is 1. The minimum atomic E-state index is -1.03. The molecule has 0 bridgehead atoms. The molecular weight excluding hydrogens is 303 g/mol. The zero-order valence-electron chi connectivity index (χ0n) is 11.7. The van der Waals surface area contributed by atoms with Crippen LogP contribution in [0.15, 0.2) is 24.3 Å². The number of carbonyl (C=O) groups excluding carboxylic acids is 2. The summed E-state index contributed by atoms with van der Waals surface area (Å²) in [6.07, 6.45) is -1.03. The molecule has 0 aliphatic rings. The molecule has 118 valence electrons. The van der Waals surface area contributed by atoms with Gasteiger partial charge >= 0.3 is 5.97 Å². The molecule has 2 atom stereocenters. The van der Waals surface area contributed by atoms with Gasteiger partial charge in [-0.15, -0.1) is 12.4 Å². The number of benzene rings is 1. The molecule has 0 saturated heterocycles. The third kappa shape index (κ3) is 6.42. The van der Waals surface area contributed by atoms with Gasteiger partial charge in [0.25, 0.3) is 0 Å². The molecule has 1 rings (SSSR count). The second-order valence-electron chi connectivity index (χ2n) is 4.12. The topological polar surface area (TPSA) is 90.7 Å². The van der Waals surface area contributed by atoms with E-state index in [1.54, 1.807) is 0 Å². The Bertz CT molecular complexity index is 468. The van der Waals surface area contributed by atoms with Crippen molar-refractivity contribution in [3.8, 4) is 5.75 Å². The first-order chi connectivity index (χ1) is 9.43. The summed E-state index contributed by atoms with van der Waals surface area (Å²) >= 11 is 0. The largest absolute Gasteiger partial charge is 0.477 e. The average Bonchev–Trinajstić information content (AvgIpc) is 2.44. The highest BCUT2D eigenvalue weighted by Gasteiger charge is 2.22. The molecule has 3 N–H and O–H groups in total. The summed E-state index contributed by atoms with van der Waals surface area (Å²) in [5.74, 6) is -1.20. The predicted molar refractivity (Wildman–Crippen MR) is 76.7 cm³/mol. The van der Waals surface area contributed by atoms with Crippen LogP contribution >= 0.6 is 12.4 Å². The summed E-state index contributed by atoms with van der Waals surface area (Å²) in [6, 6.07) is 4.45. The number of halogens is 2. The van der Waals surface area contributed by atoms with Gasteiger partial charge in [0.2, 0.25) is 12.0 Å². The molecule has 0 aliphatic carbocycles. The number of amides is 1. The lowest BCUT2D eigenvalue weighted by Gasteiger charge is -2.18. The minimum absolute atomic E-state index is 0. The first-order valence-corrected chi connectivity index (χ1v) is 5.97. The van der Waals surface area contributed by atoms with Gasteiger partial charge in [0.15, 0.2) is 0 Å². The lowest BCUT2D eigenvalue weighted by Crippen LogP contribution is -2.45. The molecule has 0 radical (unpaired) electrons. The first kappa shape index (κ1) is 19.1. The van der Waals surface area contributed by atoms with E-state index < -0.39 is 29.8 Å². The Morgan fingerprint density at radius 2 is 1.90 bits per heavy atom. The number of ether oxygens (including phenoxy) is 2. The summed E-state index contributed by atoms with van der Waals surface area (Å²) in [6.45, 7) is 1.42. The van der Waals surface area contributed by atoms with Gasteiger partial charge in [0, 0.05) is 0 Å². The molecule has 0 spiro atoms. The van der Waals surface area contributed by atoms with Crippen molar-refractivity contribution in [1.82, 2.24) is 5.32 Å². The molecule has 0 aromatic heterocycles. The summed E-state index contributed by atoms with van der Waals surface area (Å²) in [4.78, 5) is 22.9. The van der Waals surface area contributed by atoms with Crippen molar-refractivity contribution >= 4 is 24.3 Å². The summed E-state index contributed by atoms with van der Waals surface area (Å²) in [5, 5.41) is 2.47. The van der Waals surface area contributed by atoms with Crippen molar-refractivity contribution in [3.05, 3.63) is 30.1 Å². The van der Waals surface area contributed by atoms with Gasteiger partial charge in [-0.25, -0.2) is 9.18 Å². The van der Waals surface area contributed by atoms with Gasteiger partial charge in [0.1, 0.15) is 11.6 Å². The molecule has 6 nitrogen and oxygen atoms in total. The van der Waals surface area contributed by atoms with Gasteiger partial charge in [-0.05, 0) is 31.2 Å². The molecule has 1 aromatic carbocycles. The van der Waals surface area contributed by atoms with Gasteiger partial charge in [-0.3, -0.25) is 4.79 Å². The fourth-order valence-electron chi connectivity index (χ4n) is 1.34. The zero-order valence-corrected chi connectivity index (χ0v) is 12.5. The summed E-state index contributed by atoms with van der Waals surface area (Å²) < 4.78 is 22.7. The third-order valence-electron chi connectivity index (χ3n) is 2.43. The van der Waals surface area contributed by atoms with Crippen molar-refractivity contribution < 1.29 is 23.5 Å². The van der Waals surface area contributed by atoms with Crippen molar-refractivity contribution in [2.45, 2.75) is 19.1 Å². The van der Waals surface area contributed by atoms with Crippen LogP contribution in [0.4, 0.5) is 4.39 Å². The molecule has 0 aliphatic heterocycles. The van der Waals surface area contributed by atoms with Gasteiger partial charge < -0.3 is 20.5 Å². The maximum atomic E-state index is 12.8. The molecule has 0 fully saturated rings. The van der Waals surface area contributed by atoms with Crippen LogP contribution in [0.2, 0.25) is 0 Å². The second-order valence-corrected chi connectivity index (χ2v) is 4.12. The van der Waals surface area contributed by atoms with E-state index in [-0.39, 0.29) is 24.7 Å². The lowest BCUT2D eigenvalue weighted by atomic mass is 10.3. The molecule has 1 aromatic rings. The van der Waals surface area contributed by atoms with Gasteiger partial charge in [-0.1, -0.05) is 0 Å². The fourth-order valence-corrected chi connectivity index (χ4v) is 1.34. The Labute approximate surface area is 128 Å². The Hall–Kier alpha value is -1.86. The Kier molecular flexibility index (Phi) is 8.34. The molecule has 2 unspecified atom stereocenters. The molecular formula is C13H18ClFN2O4. The maximum Gasteiger partial charge on any atom is 0.348 e. The van der Waals surface area contributed by atoms with E-state index in [0.29, 0.717) is 0 Å². The van der Waals surface area contributed by atoms with Crippen molar-refractivity contribution in [2.24, 2.45) is 5.73 Å². The molecule has 1 amide bonds. The molecule has 0 heterocycles. The number of methoxy groups -OCH3 is 1. The SMILES string of the molecule is COC(=O)C(CNC(=O)C(C)N)Oc1ccc(F)cc1.Cl. The highest BCUT2D eigenvalue weighted by atomic mass is 35.5. The number of esters is 1. The molecule has 8 heteroatoms. The minimum Gasteiger partial charge on any atom is -0.477 e. The fraction of sp³-hybridized carbons (Fsp3) is 0.385. The van der Waals surface area contributed by atoms with Crippen LogP contribution in [0.3, 0.4) is 0 Å². The number of nitrogens with one attached hydrogen (secondary N) is 1. The van der Waals surface area contributed by atoms with Crippen molar-refractivity contribution in [1.29, 1.82) is 0 Å². The quantitative estimate of drug-likeness (QED) is 0.750. The second kappa shape index (κ2) is 9.15.